The summed E-state index contributed by atoms with van der Waals surface area (Å²) < 4.78 is 62.2. The van der Waals surface area contributed by atoms with Gasteiger partial charge >= 0.3 is 6.09 Å². The van der Waals surface area contributed by atoms with E-state index in [1.54, 1.807) is 7.05 Å². The molecule has 3 aromatic carbocycles. The molecule has 0 saturated carbocycles. The molecule has 13 nitrogen and oxygen atoms in total. The van der Waals surface area contributed by atoms with Crippen molar-refractivity contribution in [2.45, 2.75) is 32.0 Å². The Labute approximate surface area is 346 Å². The maximum absolute atomic E-state index is 11.9. The Morgan fingerprint density at radius 1 is 0.414 bits per heavy atom. The summed E-state index contributed by atoms with van der Waals surface area (Å²) in [5.41, 5.74) is 1.92. The molecule has 0 bridgehead atoms. The molecule has 0 radical (unpaired) electrons. The highest BCUT2D eigenvalue weighted by Gasteiger charge is 2.37. The Balaban J connectivity index is 1.05. The van der Waals surface area contributed by atoms with Gasteiger partial charge in [0.05, 0.1) is 126 Å². The van der Waals surface area contributed by atoms with Gasteiger partial charge in [-0.15, -0.1) is 0 Å². The van der Waals surface area contributed by atoms with E-state index in [2.05, 4.69) is 36.4 Å². The van der Waals surface area contributed by atoms with Crippen LogP contribution in [-0.2, 0) is 57.7 Å². The molecule has 0 heterocycles. The maximum atomic E-state index is 11.9. The average Bonchev–Trinajstić information content (AvgIpc) is 3.23. The van der Waals surface area contributed by atoms with Crippen molar-refractivity contribution < 1.29 is 56.9 Å². The van der Waals surface area contributed by atoms with Crippen LogP contribution in [0.5, 0.6) is 0 Å². The molecule has 0 aliphatic carbocycles. The van der Waals surface area contributed by atoms with Crippen LogP contribution in [0.3, 0.4) is 0 Å². The third-order valence-electron chi connectivity index (χ3n) is 8.34. The number of rotatable bonds is 34. The lowest BCUT2D eigenvalue weighted by atomic mass is 9.80. The lowest BCUT2D eigenvalue weighted by molar-refractivity contribution is -0.0399. The van der Waals surface area contributed by atoms with E-state index in [1.807, 2.05) is 75.4 Å². The second-order valence-electron chi connectivity index (χ2n) is 14.0. The zero-order valence-electron chi connectivity index (χ0n) is 35.1. The van der Waals surface area contributed by atoms with Crippen molar-refractivity contribution in [1.82, 2.24) is 4.90 Å². The fourth-order valence-corrected chi connectivity index (χ4v) is 5.52. The van der Waals surface area contributed by atoms with Gasteiger partial charge in [-0.1, -0.05) is 91.0 Å². The van der Waals surface area contributed by atoms with Gasteiger partial charge in [-0.3, -0.25) is 0 Å². The smallest absolute Gasteiger partial charge is 0.410 e. The Bertz CT molecular complexity index is 1310. The van der Waals surface area contributed by atoms with Gasteiger partial charge in [0.2, 0.25) is 0 Å². The van der Waals surface area contributed by atoms with Crippen molar-refractivity contribution in [1.29, 1.82) is 0 Å². The minimum atomic E-state index is -0.757. The van der Waals surface area contributed by atoms with Gasteiger partial charge in [-0.05, 0) is 37.5 Å². The van der Waals surface area contributed by atoms with Crippen LogP contribution in [-0.4, -0.2) is 156 Å². The maximum Gasteiger partial charge on any atom is 0.410 e. The summed E-state index contributed by atoms with van der Waals surface area (Å²) in [5.74, 6) is 0. The first-order valence-electron chi connectivity index (χ1n) is 20.3. The summed E-state index contributed by atoms with van der Waals surface area (Å²) >= 11 is 0. The number of carbonyl (C=O) groups excluding carboxylic acids is 1. The van der Waals surface area contributed by atoms with Crippen LogP contribution in [0.1, 0.15) is 37.5 Å². The molecule has 324 valence electrons. The van der Waals surface area contributed by atoms with Crippen LogP contribution in [0.2, 0.25) is 0 Å². The SMILES string of the molecule is CN(CCOCCOCCOCCOCCOCCOCCOCCOCCOCCOC(c1ccccc1)(c1ccccc1)c1ccccc1)C(=O)OC(C)(C)C. The molecule has 0 aromatic heterocycles. The summed E-state index contributed by atoms with van der Waals surface area (Å²) in [6.07, 6.45) is -0.365. The molecule has 58 heavy (non-hydrogen) atoms. The van der Waals surface area contributed by atoms with Crippen LogP contribution in [0.4, 0.5) is 4.79 Å². The second-order valence-corrected chi connectivity index (χ2v) is 14.0. The standard InChI is InChI=1S/C45H67NO12/c1-44(2,3)58-43(47)46(4)20-21-48-22-23-49-24-25-50-26-27-51-28-29-52-30-31-53-32-33-54-34-35-55-36-37-56-38-39-57-45(40-14-8-5-9-15-40,41-16-10-6-11-17-41)42-18-12-7-13-19-42/h5-19H,20-39H2,1-4H3. The first-order chi connectivity index (χ1) is 28.3. The summed E-state index contributed by atoms with van der Waals surface area (Å²) in [5, 5.41) is 0. The van der Waals surface area contributed by atoms with E-state index < -0.39 is 11.2 Å². The van der Waals surface area contributed by atoms with Gasteiger partial charge < -0.3 is 57.0 Å². The van der Waals surface area contributed by atoms with Crippen LogP contribution in [0.25, 0.3) is 0 Å². The van der Waals surface area contributed by atoms with E-state index in [9.17, 15) is 4.79 Å². The van der Waals surface area contributed by atoms with Crippen LogP contribution >= 0.6 is 0 Å². The lowest BCUT2D eigenvalue weighted by Crippen LogP contribution is -2.36. The van der Waals surface area contributed by atoms with Crippen molar-refractivity contribution in [3.05, 3.63) is 108 Å². The Hall–Kier alpha value is -3.47. The first kappa shape index (κ1) is 48.9. The quantitative estimate of drug-likeness (QED) is 0.0519. The lowest BCUT2D eigenvalue weighted by Gasteiger charge is -2.36. The van der Waals surface area contributed by atoms with Crippen LogP contribution in [0.15, 0.2) is 91.0 Å². The predicted octanol–water partition coefficient (Wildman–Crippen LogP) is 6.01. The number of nitrogens with zero attached hydrogens (tertiary/aromatic N) is 1. The van der Waals surface area contributed by atoms with Gasteiger partial charge in [-0.2, -0.15) is 0 Å². The number of ether oxygens (including phenoxy) is 11. The molecule has 0 N–H and O–H groups in total. The molecule has 13 heteroatoms. The van der Waals surface area contributed by atoms with Gasteiger partial charge in [-0.25, -0.2) is 4.79 Å². The average molecular weight is 814 g/mol. The van der Waals surface area contributed by atoms with E-state index in [0.29, 0.717) is 132 Å². The molecule has 0 aliphatic rings. The molecule has 1 amide bonds. The minimum Gasteiger partial charge on any atom is -0.444 e. The van der Waals surface area contributed by atoms with Crippen molar-refractivity contribution in [3.63, 3.8) is 0 Å². The molecule has 0 aliphatic heterocycles. The third-order valence-corrected chi connectivity index (χ3v) is 8.34. The van der Waals surface area contributed by atoms with Crippen LogP contribution in [0, 0.1) is 0 Å². The Morgan fingerprint density at radius 2 is 0.672 bits per heavy atom. The van der Waals surface area contributed by atoms with E-state index in [4.69, 9.17) is 52.1 Å². The van der Waals surface area contributed by atoms with Crippen molar-refractivity contribution in [2.24, 2.45) is 0 Å². The van der Waals surface area contributed by atoms with Gasteiger partial charge in [0.15, 0.2) is 0 Å². The predicted molar refractivity (Wildman–Crippen MR) is 221 cm³/mol. The highest BCUT2D eigenvalue weighted by molar-refractivity contribution is 5.67. The van der Waals surface area contributed by atoms with Gasteiger partial charge in [0.25, 0.3) is 0 Å². The van der Waals surface area contributed by atoms with Gasteiger partial charge in [0.1, 0.15) is 11.2 Å². The van der Waals surface area contributed by atoms with E-state index in [1.165, 1.54) is 4.90 Å². The summed E-state index contributed by atoms with van der Waals surface area (Å²) in [6.45, 7) is 14.9. The second kappa shape index (κ2) is 30.6. The fourth-order valence-electron chi connectivity index (χ4n) is 5.52. The minimum absolute atomic E-state index is 0.365. The number of amides is 1. The fraction of sp³-hybridized carbons (Fsp3) is 0.578. The summed E-state index contributed by atoms with van der Waals surface area (Å²) in [7, 11) is 1.68. The highest BCUT2D eigenvalue weighted by atomic mass is 16.6. The number of likely N-dealkylation sites (N-methyl/N-ethyl adjacent to an activating group) is 1. The first-order valence-corrected chi connectivity index (χ1v) is 20.3. The van der Waals surface area contributed by atoms with Gasteiger partial charge in [0, 0.05) is 13.6 Å². The number of hydrogen-bond donors (Lipinski definition) is 0. The van der Waals surface area contributed by atoms with E-state index in [-0.39, 0.29) is 6.09 Å². The molecule has 0 saturated heterocycles. The highest BCUT2D eigenvalue weighted by Crippen LogP contribution is 2.40. The molecule has 0 fully saturated rings. The Morgan fingerprint density at radius 3 is 0.948 bits per heavy atom. The number of hydrogen-bond acceptors (Lipinski definition) is 12. The molecular formula is C45H67NO12. The summed E-state index contributed by atoms with van der Waals surface area (Å²) in [4.78, 5) is 13.4. The molecule has 0 spiro atoms. The monoisotopic (exact) mass is 813 g/mol. The molecular weight excluding hydrogens is 746 g/mol. The zero-order valence-corrected chi connectivity index (χ0v) is 35.1. The van der Waals surface area contributed by atoms with Crippen molar-refractivity contribution in [3.8, 4) is 0 Å². The van der Waals surface area contributed by atoms with Crippen molar-refractivity contribution >= 4 is 6.09 Å². The number of carbonyl (C=O) groups is 1. The molecule has 3 rings (SSSR count). The summed E-state index contributed by atoms with van der Waals surface area (Å²) in [6, 6.07) is 31.0. The Kier molecular flexibility index (Phi) is 25.8. The molecule has 3 aromatic rings. The molecule has 0 atom stereocenters. The van der Waals surface area contributed by atoms with Crippen molar-refractivity contribution in [2.75, 3.05) is 139 Å². The largest absolute Gasteiger partial charge is 0.444 e. The number of benzene rings is 3. The topological polar surface area (TPSA) is 122 Å². The molecule has 0 unspecified atom stereocenters. The zero-order chi connectivity index (χ0) is 41.4. The third kappa shape index (κ3) is 21.0. The normalized spacial score (nSPS) is 11.9. The van der Waals surface area contributed by atoms with Crippen LogP contribution < -0.4 is 0 Å². The van der Waals surface area contributed by atoms with E-state index in [0.717, 1.165) is 16.7 Å². The van der Waals surface area contributed by atoms with E-state index >= 15 is 0 Å².